The van der Waals surface area contributed by atoms with Crippen molar-refractivity contribution in [2.75, 3.05) is 37.6 Å². The quantitative estimate of drug-likeness (QED) is 0.0130. The van der Waals surface area contributed by atoms with E-state index in [1.807, 2.05) is 0 Å². The number of azo groups is 2. The fourth-order valence-electron chi connectivity index (χ4n) is 4.55. The SMILES string of the molecule is COc1cc(S(=O)(=O)CCOSOOO)c(C)cc1N=Nc1c(SOOO)cc2c(N=Nc3ccc(S(=O)(=O)CCOSOOO)cc3)c(N)ccc2c1O. The summed E-state index contributed by atoms with van der Waals surface area (Å²) in [4.78, 5) is -0.0712. The molecule has 0 heterocycles. The standard InChI is InChI=1S/C28H29N5O17S5/c1-16-13-22(23(42-2)15-25(16)55(40,41)12-10-44-53-50-47-37)31-33-27-24(51-48-45-35)14-20-19(28(27)34)7-8-21(29)26(20)32-30-17-3-5-18(6-4-17)54(38,39)11-9-43-52-49-46-36/h3-8,13-15,34-37H,9-12,29H2,1-2H3. The zero-order chi connectivity index (χ0) is 40.0. The molecule has 0 fully saturated rings. The molecular formula is C28H29N5O17S5. The third-order valence-electron chi connectivity index (χ3n) is 7.00. The summed E-state index contributed by atoms with van der Waals surface area (Å²) >= 11 is 0.926. The van der Waals surface area contributed by atoms with Gasteiger partial charge in [0.25, 0.3) is 0 Å². The minimum Gasteiger partial charge on any atom is -0.505 e. The zero-order valence-electron chi connectivity index (χ0n) is 28.0. The molecule has 0 unspecified atom stereocenters. The highest BCUT2D eigenvalue weighted by Crippen LogP contribution is 2.48. The Morgan fingerprint density at radius 1 is 0.727 bits per heavy atom. The lowest BCUT2D eigenvalue weighted by Crippen LogP contribution is -2.12. The highest BCUT2D eigenvalue weighted by atomic mass is 32.2. The summed E-state index contributed by atoms with van der Waals surface area (Å²) in [6.45, 7) is 0.941. The van der Waals surface area contributed by atoms with Crippen molar-refractivity contribution in [2.24, 2.45) is 20.5 Å². The average Bonchev–Trinajstić information content (AvgIpc) is 3.16. The lowest BCUT2D eigenvalue weighted by atomic mass is 10.1. The van der Waals surface area contributed by atoms with Crippen molar-refractivity contribution in [2.45, 2.75) is 21.6 Å². The molecule has 55 heavy (non-hydrogen) atoms. The third-order valence-corrected chi connectivity index (χ3v) is 11.9. The Labute approximate surface area is 324 Å². The van der Waals surface area contributed by atoms with E-state index in [0.717, 1.165) is 0 Å². The van der Waals surface area contributed by atoms with Gasteiger partial charge in [-0.1, -0.05) is 15.1 Å². The van der Waals surface area contributed by atoms with Crippen molar-refractivity contribution in [3.8, 4) is 11.5 Å². The summed E-state index contributed by atoms with van der Waals surface area (Å²) in [5, 5.41) is 64.2. The number of fused-ring (bicyclic) bond motifs is 1. The van der Waals surface area contributed by atoms with Gasteiger partial charge in [-0.15, -0.1) is 28.3 Å². The van der Waals surface area contributed by atoms with Crippen molar-refractivity contribution in [1.29, 1.82) is 0 Å². The van der Waals surface area contributed by atoms with E-state index < -0.39 is 36.9 Å². The molecule has 0 radical (unpaired) electrons. The molecule has 4 aromatic rings. The van der Waals surface area contributed by atoms with Gasteiger partial charge in [0.1, 0.15) is 22.8 Å². The summed E-state index contributed by atoms with van der Waals surface area (Å²) in [6, 6.07) is 12.4. The molecule has 4 aromatic carbocycles. The van der Waals surface area contributed by atoms with Crippen LogP contribution in [-0.2, 0) is 56.2 Å². The van der Waals surface area contributed by atoms with Crippen LogP contribution in [0, 0.1) is 6.92 Å². The molecule has 298 valence electrons. The summed E-state index contributed by atoms with van der Waals surface area (Å²) in [5.41, 5.74) is 6.89. The van der Waals surface area contributed by atoms with Crippen LogP contribution in [0.1, 0.15) is 5.56 Å². The normalized spacial score (nSPS) is 12.4. The number of sulfone groups is 2. The lowest BCUT2D eigenvalue weighted by Gasteiger charge is -2.13. The van der Waals surface area contributed by atoms with Gasteiger partial charge in [0, 0.05) is 16.8 Å². The van der Waals surface area contributed by atoms with E-state index >= 15 is 0 Å². The highest BCUT2D eigenvalue weighted by molar-refractivity contribution is 7.94. The van der Waals surface area contributed by atoms with Crippen LogP contribution in [0.25, 0.3) is 10.8 Å². The van der Waals surface area contributed by atoms with Crippen LogP contribution >= 0.6 is 36.7 Å². The molecule has 0 aromatic heterocycles. The van der Waals surface area contributed by atoms with Crippen molar-refractivity contribution >= 4 is 95.6 Å². The number of nitrogens with two attached hydrogens (primary N) is 1. The van der Waals surface area contributed by atoms with Crippen LogP contribution in [0.3, 0.4) is 0 Å². The fraction of sp³-hybridized carbons (Fsp3) is 0.214. The van der Waals surface area contributed by atoms with E-state index in [-0.39, 0.29) is 103 Å². The second-order valence-corrected chi connectivity index (χ2v) is 16.2. The monoisotopic (exact) mass is 867 g/mol. The Morgan fingerprint density at radius 3 is 1.96 bits per heavy atom. The van der Waals surface area contributed by atoms with Crippen LogP contribution in [0.5, 0.6) is 11.5 Å². The van der Waals surface area contributed by atoms with Gasteiger partial charge in [-0.05, 0) is 61.0 Å². The largest absolute Gasteiger partial charge is 0.505 e. The molecule has 0 bridgehead atoms. The molecule has 0 saturated carbocycles. The van der Waals surface area contributed by atoms with Gasteiger partial charge in [-0.3, -0.25) is 8.37 Å². The molecule has 0 amide bonds. The van der Waals surface area contributed by atoms with Gasteiger partial charge in [0.2, 0.25) is 0 Å². The number of aromatic hydroxyl groups is 1. The minimum atomic E-state index is -3.90. The number of hydrogen-bond acceptors (Lipinski definition) is 25. The van der Waals surface area contributed by atoms with Crippen LogP contribution in [-0.4, -0.2) is 69.5 Å². The van der Waals surface area contributed by atoms with Gasteiger partial charge in [-0.2, -0.15) is 5.11 Å². The summed E-state index contributed by atoms with van der Waals surface area (Å²) in [7, 11) is -6.37. The number of phenolic OH excluding ortho intramolecular Hbond substituents is 1. The van der Waals surface area contributed by atoms with E-state index in [4.69, 9.17) is 34.6 Å². The van der Waals surface area contributed by atoms with Crippen LogP contribution in [0.15, 0.2) is 89.7 Å². The maximum atomic E-state index is 13.0. The zero-order valence-corrected chi connectivity index (χ0v) is 32.1. The van der Waals surface area contributed by atoms with E-state index in [1.54, 1.807) is 0 Å². The Morgan fingerprint density at radius 2 is 1.35 bits per heavy atom. The minimum absolute atomic E-state index is 0.0127. The van der Waals surface area contributed by atoms with E-state index in [2.05, 4.69) is 48.6 Å². The first kappa shape index (κ1) is 44.0. The van der Waals surface area contributed by atoms with Gasteiger partial charge in [0.05, 0.1) is 69.9 Å². The van der Waals surface area contributed by atoms with Gasteiger partial charge < -0.3 is 15.6 Å². The predicted molar refractivity (Wildman–Crippen MR) is 194 cm³/mol. The molecule has 27 heteroatoms. The van der Waals surface area contributed by atoms with E-state index in [1.165, 1.54) is 68.6 Å². The van der Waals surface area contributed by atoms with Gasteiger partial charge in [0.15, 0.2) is 50.1 Å². The van der Waals surface area contributed by atoms with Crippen molar-refractivity contribution in [3.05, 3.63) is 60.2 Å². The average molecular weight is 868 g/mol. The van der Waals surface area contributed by atoms with Crippen molar-refractivity contribution in [3.63, 3.8) is 0 Å². The van der Waals surface area contributed by atoms with E-state index in [9.17, 15) is 21.9 Å². The Kier molecular flexibility index (Phi) is 16.8. The first-order chi connectivity index (χ1) is 26.4. The number of nitrogen functional groups attached to an aromatic ring is 1. The highest BCUT2D eigenvalue weighted by Gasteiger charge is 2.22. The van der Waals surface area contributed by atoms with Gasteiger partial charge in [-0.25, -0.2) is 32.6 Å². The van der Waals surface area contributed by atoms with Crippen LogP contribution in [0.4, 0.5) is 28.4 Å². The number of ether oxygens (including phenoxy) is 1. The maximum Gasteiger partial charge on any atom is 0.197 e. The summed E-state index contributed by atoms with van der Waals surface area (Å²) < 4.78 is 78.9. The first-order valence-corrected chi connectivity index (χ1v) is 20.1. The van der Waals surface area contributed by atoms with Crippen molar-refractivity contribution < 1.29 is 78.9 Å². The van der Waals surface area contributed by atoms with Crippen molar-refractivity contribution in [1.82, 2.24) is 0 Å². The number of phenols is 1. The fourth-order valence-corrected chi connectivity index (χ4v) is 8.13. The van der Waals surface area contributed by atoms with E-state index in [0.29, 0.717) is 12.0 Å². The number of rotatable bonds is 22. The second kappa shape index (κ2) is 21.0. The second-order valence-electron chi connectivity index (χ2n) is 10.3. The summed E-state index contributed by atoms with van der Waals surface area (Å²) in [6.07, 6.45) is 0. The smallest absolute Gasteiger partial charge is 0.197 e. The maximum absolute atomic E-state index is 13.0. The number of methoxy groups -OCH3 is 1. The number of nitrogens with zero attached hydrogens (tertiary/aromatic N) is 4. The number of aryl methyl sites for hydroxylation is 1. The van der Waals surface area contributed by atoms with Gasteiger partial charge >= 0.3 is 0 Å². The Bertz CT molecular complexity index is 2210. The Hall–Kier alpha value is -3.75. The first-order valence-electron chi connectivity index (χ1n) is 14.7. The van der Waals surface area contributed by atoms with Crippen LogP contribution in [0.2, 0.25) is 0 Å². The molecule has 0 saturated heterocycles. The number of benzene rings is 4. The molecule has 6 N–H and O–H groups in total. The number of hydrogen-bond donors (Lipinski definition) is 5. The molecule has 0 aliphatic heterocycles. The lowest BCUT2D eigenvalue weighted by molar-refractivity contribution is -0.434. The predicted octanol–water partition coefficient (Wildman–Crippen LogP) is 7.25. The molecule has 0 atom stereocenters. The van der Waals surface area contributed by atoms with Crippen LogP contribution < -0.4 is 10.5 Å². The molecule has 0 aliphatic carbocycles. The third kappa shape index (κ3) is 11.9. The Balaban J connectivity index is 1.65. The number of anilines is 1. The molecular weight excluding hydrogens is 839 g/mol. The summed E-state index contributed by atoms with van der Waals surface area (Å²) in [5.74, 6) is -1.28. The molecule has 4 rings (SSSR count). The topological polar surface area (TPSA) is 308 Å². The molecule has 22 nitrogen and oxygen atoms in total. The molecule has 0 aliphatic rings. The molecule has 0 spiro atoms.